The maximum atomic E-state index is 12.4. The van der Waals surface area contributed by atoms with E-state index in [2.05, 4.69) is 29.6 Å². The number of ether oxygens (including phenoxy) is 1. The van der Waals surface area contributed by atoms with Gasteiger partial charge in [0.15, 0.2) is 0 Å². The van der Waals surface area contributed by atoms with Crippen LogP contribution in [0, 0.1) is 6.92 Å². The molecule has 1 aromatic heterocycles. The van der Waals surface area contributed by atoms with E-state index in [-0.39, 0.29) is 24.6 Å². The molecular weight excluding hydrogens is 406 g/mol. The van der Waals surface area contributed by atoms with Crippen molar-refractivity contribution in [2.75, 3.05) is 6.61 Å². The first kappa shape index (κ1) is 19.9. The number of aryl methyl sites for hydroxylation is 1. The molecular formula is C26H21NO5. The highest BCUT2D eigenvalue weighted by Crippen LogP contribution is 2.44. The van der Waals surface area contributed by atoms with E-state index in [1.807, 2.05) is 31.2 Å². The molecule has 4 aromatic rings. The molecule has 1 aliphatic rings. The van der Waals surface area contributed by atoms with Crippen LogP contribution >= 0.6 is 0 Å². The van der Waals surface area contributed by atoms with Gasteiger partial charge in [-0.15, -0.1) is 0 Å². The van der Waals surface area contributed by atoms with Crippen molar-refractivity contribution in [3.63, 3.8) is 0 Å². The molecule has 32 heavy (non-hydrogen) atoms. The average molecular weight is 427 g/mol. The van der Waals surface area contributed by atoms with Gasteiger partial charge in [0.25, 0.3) is 0 Å². The number of hydrogen-bond donors (Lipinski definition) is 2. The number of rotatable bonds is 5. The van der Waals surface area contributed by atoms with Gasteiger partial charge in [0, 0.05) is 16.9 Å². The van der Waals surface area contributed by atoms with Crippen LogP contribution < -0.4 is 5.32 Å². The van der Waals surface area contributed by atoms with Crippen molar-refractivity contribution in [1.82, 2.24) is 5.32 Å². The summed E-state index contributed by atoms with van der Waals surface area (Å²) < 4.78 is 11.3. The van der Waals surface area contributed by atoms with E-state index in [4.69, 9.17) is 9.15 Å². The van der Waals surface area contributed by atoms with Crippen LogP contribution in [0.2, 0.25) is 0 Å². The van der Waals surface area contributed by atoms with Crippen molar-refractivity contribution in [1.29, 1.82) is 0 Å². The van der Waals surface area contributed by atoms with Gasteiger partial charge < -0.3 is 19.6 Å². The summed E-state index contributed by atoms with van der Waals surface area (Å²) in [6, 6.07) is 21.1. The van der Waals surface area contributed by atoms with E-state index >= 15 is 0 Å². The monoisotopic (exact) mass is 427 g/mol. The smallest absolute Gasteiger partial charge is 0.407 e. The highest BCUT2D eigenvalue weighted by molar-refractivity contribution is 5.94. The molecule has 0 atom stereocenters. The standard InChI is InChI=1S/C26H21NO5/c1-15-21-12-16(25(28)29)10-11-23(21)32-24(15)13-27-26(30)31-14-22-19-8-4-2-6-17(19)18-7-3-5-9-20(18)22/h2-12,22H,13-14H2,1H3,(H,27,30)(H,28,29). The summed E-state index contributed by atoms with van der Waals surface area (Å²) in [5.41, 5.74) is 6.23. The minimum Gasteiger partial charge on any atom is -0.478 e. The van der Waals surface area contributed by atoms with Gasteiger partial charge in [0.2, 0.25) is 0 Å². The highest BCUT2D eigenvalue weighted by atomic mass is 16.5. The summed E-state index contributed by atoms with van der Waals surface area (Å²) in [6.45, 7) is 2.23. The molecule has 1 heterocycles. The van der Waals surface area contributed by atoms with Gasteiger partial charge in [-0.2, -0.15) is 0 Å². The molecule has 0 spiro atoms. The number of nitrogens with one attached hydrogen (secondary N) is 1. The first-order valence-electron chi connectivity index (χ1n) is 10.4. The number of hydrogen-bond acceptors (Lipinski definition) is 4. The van der Waals surface area contributed by atoms with Gasteiger partial charge in [0.05, 0.1) is 12.1 Å². The summed E-state index contributed by atoms with van der Waals surface area (Å²) >= 11 is 0. The fourth-order valence-electron chi connectivity index (χ4n) is 4.38. The summed E-state index contributed by atoms with van der Waals surface area (Å²) in [7, 11) is 0. The quantitative estimate of drug-likeness (QED) is 0.440. The van der Waals surface area contributed by atoms with Crippen molar-refractivity contribution < 1.29 is 23.8 Å². The number of alkyl carbamates (subject to hydrolysis) is 1. The lowest BCUT2D eigenvalue weighted by Gasteiger charge is -2.14. The molecule has 3 aromatic carbocycles. The van der Waals surface area contributed by atoms with Crippen LogP contribution in [0.4, 0.5) is 4.79 Å². The number of benzene rings is 3. The third-order valence-corrected chi connectivity index (χ3v) is 6.02. The van der Waals surface area contributed by atoms with E-state index < -0.39 is 12.1 Å². The van der Waals surface area contributed by atoms with Crippen molar-refractivity contribution in [3.8, 4) is 11.1 Å². The van der Waals surface area contributed by atoms with E-state index in [0.29, 0.717) is 16.7 Å². The van der Waals surface area contributed by atoms with Gasteiger partial charge >= 0.3 is 12.1 Å². The van der Waals surface area contributed by atoms with Crippen molar-refractivity contribution >= 4 is 23.0 Å². The Morgan fingerprint density at radius 3 is 2.31 bits per heavy atom. The number of carbonyl (C=O) groups excluding carboxylic acids is 1. The molecule has 1 amide bonds. The Balaban J connectivity index is 1.26. The predicted octanol–water partition coefficient (Wildman–Crippen LogP) is 5.48. The SMILES string of the molecule is Cc1c(CNC(=O)OCC2c3ccccc3-c3ccccc32)oc2ccc(C(=O)O)cc12. The molecule has 0 saturated heterocycles. The average Bonchev–Trinajstić information content (AvgIpc) is 3.30. The van der Waals surface area contributed by atoms with Crippen LogP contribution in [0.15, 0.2) is 71.1 Å². The van der Waals surface area contributed by atoms with Crippen LogP contribution in [0.1, 0.15) is 38.7 Å². The molecule has 0 fully saturated rings. The zero-order valence-electron chi connectivity index (χ0n) is 17.4. The van der Waals surface area contributed by atoms with Gasteiger partial charge in [0.1, 0.15) is 18.0 Å². The minimum atomic E-state index is -0.995. The number of carboxylic acid groups (broad SMARTS) is 1. The summed E-state index contributed by atoms with van der Waals surface area (Å²) in [6.07, 6.45) is -0.530. The van der Waals surface area contributed by atoms with E-state index in [0.717, 1.165) is 16.7 Å². The number of fused-ring (bicyclic) bond motifs is 4. The normalized spacial score (nSPS) is 12.4. The Morgan fingerprint density at radius 1 is 1.00 bits per heavy atom. The van der Waals surface area contributed by atoms with Crippen LogP contribution in [-0.2, 0) is 11.3 Å². The van der Waals surface area contributed by atoms with Crippen molar-refractivity contribution in [2.24, 2.45) is 0 Å². The second-order valence-corrected chi connectivity index (χ2v) is 7.85. The molecule has 1 aliphatic carbocycles. The fraction of sp³-hybridized carbons (Fsp3) is 0.154. The number of carbonyl (C=O) groups is 2. The second-order valence-electron chi connectivity index (χ2n) is 7.85. The first-order valence-corrected chi connectivity index (χ1v) is 10.4. The van der Waals surface area contributed by atoms with Crippen LogP contribution in [0.3, 0.4) is 0 Å². The largest absolute Gasteiger partial charge is 0.478 e. The molecule has 160 valence electrons. The third-order valence-electron chi connectivity index (χ3n) is 6.02. The Morgan fingerprint density at radius 2 is 1.66 bits per heavy atom. The number of furan rings is 1. The molecule has 6 heteroatoms. The van der Waals surface area contributed by atoms with Gasteiger partial charge in [-0.3, -0.25) is 0 Å². The lowest BCUT2D eigenvalue weighted by Crippen LogP contribution is -2.25. The molecule has 0 bridgehead atoms. The van der Waals surface area contributed by atoms with Crippen LogP contribution in [-0.4, -0.2) is 23.8 Å². The third kappa shape index (κ3) is 3.39. The lowest BCUT2D eigenvalue weighted by molar-refractivity contribution is 0.0697. The Bertz CT molecular complexity index is 1310. The maximum Gasteiger partial charge on any atom is 0.407 e. The van der Waals surface area contributed by atoms with E-state index in [9.17, 15) is 14.7 Å². The summed E-state index contributed by atoms with van der Waals surface area (Å²) in [5.74, 6) is -0.433. The molecule has 0 unspecified atom stereocenters. The van der Waals surface area contributed by atoms with Gasteiger partial charge in [-0.05, 0) is 47.4 Å². The predicted molar refractivity (Wildman–Crippen MR) is 120 cm³/mol. The topological polar surface area (TPSA) is 88.8 Å². The van der Waals surface area contributed by atoms with Crippen LogP contribution in [0.5, 0.6) is 0 Å². The zero-order valence-corrected chi connectivity index (χ0v) is 17.4. The van der Waals surface area contributed by atoms with Crippen LogP contribution in [0.25, 0.3) is 22.1 Å². The second kappa shape index (κ2) is 7.89. The Kier molecular flexibility index (Phi) is 4.90. The maximum absolute atomic E-state index is 12.4. The molecule has 2 N–H and O–H groups in total. The zero-order chi connectivity index (χ0) is 22.2. The molecule has 6 nitrogen and oxygen atoms in total. The van der Waals surface area contributed by atoms with E-state index in [1.165, 1.54) is 17.2 Å². The summed E-state index contributed by atoms with van der Waals surface area (Å²) in [5, 5.41) is 12.6. The summed E-state index contributed by atoms with van der Waals surface area (Å²) in [4.78, 5) is 23.6. The molecule has 5 rings (SSSR count). The fourth-order valence-corrected chi connectivity index (χ4v) is 4.38. The lowest BCUT2D eigenvalue weighted by atomic mass is 9.98. The molecule has 0 aliphatic heterocycles. The van der Waals surface area contributed by atoms with E-state index in [1.54, 1.807) is 12.1 Å². The first-order chi connectivity index (χ1) is 15.5. The Hall–Kier alpha value is -4.06. The van der Waals surface area contributed by atoms with Crippen molar-refractivity contribution in [3.05, 3.63) is 94.7 Å². The number of amides is 1. The highest BCUT2D eigenvalue weighted by Gasteiger charge is 2.29. The number of carboxylic acids is 1. The number of aromatic carboxylic acids is 1. The van der Waals surface area contributed by atoms with Gasteiger partial charge in [-0.25, -0.2) is 9.59 Å². The minimum absolute atomic E-state index is 0.00414. The molecule has 0 radical (unpaired) electrons. The van der Waals surface area contributed by atoms with Crippen molar-refractivity contribution in [2.45, 2.75) is 19.4 Å². The Labute approximate surface area is 184 Å². The molecule has 0 saturated carbocycles. The van der Waals surface area contributed by atoms with Gasteiger partial charge in [-0.1, -0.05) is 48.5 Å².